The summed E-state index contributed by atoms with van der Waals surface area (Å²) in [7, 11) is -1.59. The molecule has 0 bridgehead atoms. The maximum Gasteiger partial charge on any atom is 0.185 e. The summed E-state index contributed by atoms with van der Waals surface area (Å²) in [6, 6.07) is 13.3. The van der Waals surface area contributed by atoms with Crippen molar-refractivity contribution in [1.82, 2.24) is 0 Å². The zero-order valence-corrected chi connectivity index (χ0v) is 15.4. The predicted molar refractivity (Wildman–Crippen MR) is 95.6 cm³/mol. The number of thiophene rings is 1. The molecule has 0 spiro atoms. The van der Waals surface area contributed by atoms with Crippen LogP contribution in [0.3, 0.4) is 0 Å². The van der Waals surface area contributed by atoms with E-state index in [1.165, 1.54) is 35.3 Å². The summed E-state index contributed by atoms with van der Waals surface area (Å²) >= 11 is 1.78. The molecule has 0 saturated carbocycles. The van der Waals surface area contributed by atoms with E-state index in [9.17, 15) is 0 Å². The maximum atomic E-state index is 6.44. The first-order valence-electron chi connectivity index (χ1n) is 7.79. The molecule has 1 aromatic heterocycles. The van der Waals surface area contributed by atoms with E-state index in [1.807, 2.05) is 0 Å². The van der Waals surface area contributed by atoms with Gasteiger partial charge in [0, 0.05) is 4.88 Å². The molecule has 1 unspecified atom stereocenters. The van der Waals surface area contributed by atoms with Gasteiger partial charge in [0.1, 0.15) is 6.10 Å². The molecule has 0 aliphatic rings. The summed E-state index contributed by atoms with van der Waals surface area (Å²) in [6.07, 6.45) is 3.78. The highest BCUT2D eigenvalue weighted by molar-refractivity contribution is 7.10. The van der Waals surface area contributed by atoms with Crippen LogP contribution < -0.4 is 0 Å². The van der Waals surface area contributed by atoms with Crippen LogP contribution in [0.15, 0.2) is 41.8 Å². The van der Waals surface area contributed by atoms with Crippen molar-refractivity contribution in [1.29, 1.82) is 0 Å². The fourth-order valence-corrected chi connectivity index (χ4v) is 4.16. The van der Waals surface area contributed by atoms with Gasteiger partial charge in [-0.15, -0.1) is 11.3 Å². The monoisotopic (exact) mass is 318 g/mol. The molecular weight excluding hydrogens is 292 g/mol. The molecule has 0 aliphatic heterocycles. The van der Waals surface area contributed by atoms with Crippen LogP contribution in [0, 0.1) is 0 Å². The van der Waals surface area contributed by atoms with E-state index in [4.69, 9.17) is 4.43 Å². The molecule has 0 saturated heterocycles. The molecule has 0 amide bonds. The van der Waals surface area contributed by atoms with Gasteiger partial charge < -0.3 is 4.43 Å². The lowest BCUT2D eigenvalue weighted by molar-refractivity contribution is 0.243. The lowest BCUT2D eigenvalue weighted by Crippen LogP contribution is -2.28. The Labute approximate surface area is 134 Å². The molecule has 3 heteroatoms. The number of rotatable bonds is 7. The van der Waals surface area contributed by atoms with Crippen molar-refractivity contribution in [3.8, 4) is 0 Å². The fourth-order valence-electron chi connectivity index (χ4n) is 2.32. The van der Waals surface area contributed by atoms with Gasteiger partial charge in [0.05, 0.1) is 0 Å². The third kappa shape index (κ3) is 5.10. The van der Waals surface area contributed by atoms with Crippen LogP contribution in [0.4, 0.5) is 0 Å². The van der Waals surface area contributed by atoms with Crippen molar-refractivity contribution < 1.29 is 4.43 Å². The molecule has 0 fully saturated rings. The summed E-state index contributed by atoms with van der Waals surface area (Å²) in [5.74, 6) is 0. The van der Waals surface area contributed by atoms with E-state index in [0.29, 0.717) is 0 Å². The standard InChI is InChI=1S/C18H26OSSi/c1-5-6-8-15-10-12-16(13-11-15)18(19-21(2,3)4)17-9-7-14-20-17/h7,9-14,18H,5-6,8H2,1-4H3. The van der Waals surface area contributed by atoms with E-state index >= 15 is 0 Å². The predicted octanol–water partition coefficient (Wildman–Crippen LogP) is 6.03. The van der Waals surface area contributed by atoms with Gasteiger partial charge in [0.2, 0.25) is 0 Å². The van der Waals surface area contributed by atoms with Gasteiger partial charge in [0.15, 0.2) is 8.32 Å². The van der Waals surface area contributed by atoms with Gasteiger partial charge in [-0.3, -0.25) is 0 Å². The average Bonchev–Trinajstić information content (AvgIpc) is 2.96. The summed E-state index contributed by atoms with van der Waals surface area (Å²) < 4.78 is 6.44. The number of unbranched alkanes of at least 4 members (excludes halogenated alkanes) is 1. The van der Waals surface area contributed by atoms with Crippen molar-refractivity contribution in [2.45, 2.75) is 51.9 Å². The normalized spacial score (nSPS) is 13.3. The van der Waals surface area contributed by atoms with Crippen LogP contribution in [0.5, 0.6) is 0 Å². The van der Waals surface area contributed by atoms with Gasteiger partial charge in [-0.1, -0.05) is 43.7 Å². The first-order valence-corrected chi connectivity index (χ1v) is 12.1. The summed E-state index contributed by atoms with van der Waals surface area (Å²) in [5, 5.41) is 2.13. The molecule has 0 N–H and O–H groups in total. The van der Waals surface area contributed by atoms with Crippen LogP contribution in [0.25, 0.3) is 0 Å². The van der Waals surface area contributed by atoms with Gasteiger partial charge in [-0.25, -0.2) is 0 Å². The Hall–Kier alpha value is -0.903. The second kappa shape index (κ2) is 7.39. The van der Waals surface area contributed by atoms with E-state index in [1.54, 1.807) is 11.3 Å². The minimum absolute atomic E-state index is 0.0943. The first kappa shape index (κ1) is 16.5. The highest BCUT2D eigenvalue weighted by atomic mass is 32.1. The van der Waals surface area contributed by atoms with Gasteiger partial charge >= 0.3 is 0 Å². The highest BCUT2D eigenvalue weighted by Crippen LogP contribution is 2.32. The van der Waals surface area contributed by atoms with Crippen molar-refractivity contribution in [3.63, 3.8) is 0 Å². The van der Waals surface area contributed by atoms with Crippen LogP contribution in [0.2, 0.25) is 19.6 Å². The molecule has 2 aromatic rings. The summed E-state index contributed by atoms with van der Waals surface area (Å²) in [5.41, 5.74) is 2.71. The average molecular weight is 319 g/mol. The Morgan fingerprint density at radius 3 is 2.33 bits per heavy atom. The smallest absolute Gasteiger partial charge is 0.185 e. The topological polar surface area (TPSA) is 9.23 Å². The van der Waals surface area contributed by atoms with E-state index in [-0.39, 0.29) is 6.10 Å². The Balaban J connectivity index is 2.20. The third-order valence-corrected chi connectivity index (χ3v) is 5.23. The number of benzene rings is 1. The van der Waals surface area contributed by atoms with Gasteiger partial charge in [-0.05, 0) is 55.1 Å². The molecule has 114 valence electrons. The first-order chi connectivity index (χ1) is 9.99. The van der Waals surface area contributed by atoms with Crippen LogP contribution in [0.1, 0.15) is 41.9 Å². The lowest BCUT2D eigenvalue weighted by atomic mass is 10.0. The zero-order valence-electron chi connectivity index (χ0n) is 13.6. The number of hydrogen-bond donors (Lipinski definition) is 0. The SMILES string of the molecule is CCCCc1ccc(C(O[Si](C)(C)C)c2cccs2)cc1. The molecule has 1 nitrogen and oxygen atoms in total. The Kier molecular flexibility index (Phi) is 5.79. The quantitative estimate of drug-likeness (QED) is 0.566. The molecule has 2 rings (SSSR count). The molecule has 1 atom stereocenters. The summed E-state index contributed by atoms with van der Waals surface area (Å²) in [6.45, 7) is 9.00. The molecule has 21 heavy (non-hydrogen) atoms. The van der Waals surface area contributed by atoms with Crippen molar-refractivity contribution in [3.05, 3.63) is 57.8 Å². The van der Waals surface area contributed by atoms with Crippen molar-refractivity contribution in [2.24, 2.45) is 0 Å². The van der Waals surface area contributed by atoms with Crippen molar-refractivity contribution >= 4 is 19.7 Å². The number of aryl methyl sites for hydroxylation is 1. The third-order valence-electron chi connectivity index (χ3n) is 3.37. The van der Waals surface area contributed by atoms with Crippen molar-refractivity contribution in [2.75, 3.05) is 0 Å². The lowest BCUT2D eigenvalue weighted by Gasteiger charge is -2.26. The molecule has 1 heterocycles. The van der Waals surface area contributed by atoms with Crippen LogP contribution in [-0.4, -0.2) is 8.32 Å². The van der Waals surface area contributed by atoms with E-state index in [2.05, 4.69) is 68.3 Å². The largest absolute Gasteiger partial charge is 0.406 e. The fraction of sp³-hybridized carbons (Fsp3) is 0.444. The van der Waals surface area contributed by atoms with Gasteiger partial charge in [-0.2, -0.15) is 0 Å². The number of hydrogen-bond acceptors (Lipinski definition) is 2. The van der Waals surface area contributed by atoms with E-state index in [0.717, 1.165) is 0 Å². The van der Waals surface area contributed by atoms with Crippen LogP contribution in [-0.2, 0) is 10.8 Å². The summed E-state index contributed by atoms with van der Waals surface area (Å²) in [4.78, 5) is 1.30. The Bertz CT molecular complexity index is 525. The Morgan fingerprint density at radius 2 is 1.81 bits per heavy atom. The second-order valence-corrected chi connectivity index (χ2v) is 11.9. The second-order valence-electron chi connectivity index (χ2n) is 6.47. The minimum Gasteiger partial charge on any atom is -0.406 e. The molecule has 1 aromatic carbocycles. The van der Waals surface area contributed by atoms with Crippen LogP contribution >= 0.6 is 11.3 Å². The molecule has 0 aliphatic carbocycles. The Morgan fingerprint density at radius 1 is 1.10 bits per heavy atom. The zero-order chi connectivity index (χ0) is 15.3. The maximum absolute atomic E-state index is 6.44. The minimum atomic E-state index is -1.59. The van der Waals surface area contributed by atoms with Gasteiger partial charge in [0.25, 0.3) is 0 Å². The molecular formula is C18H26OSSi. The van der Waals surface area contributed by atoms with E-state index < -0.39 is 8.32 Å². The highest BCUT2D eigenvalue weighted by Gasteiger charge is 2.24. The molecule has 0 radical (unpaired) electrons.